The molecule has 3 N–H and O–H groups in total. The first-order chi connectivity index (χ1) is 9.15. The predicted octanol–water partition coefficient (Wildman–Crippen LogP) is 1.82. The molecule has 0 bridgehead atoms. The van der Waals surface area contributed by atoms with Gasteiger partial charge in [0.05, 0.1) is 17.4 Å². The van der Waals surface area contributed by atoms with Crippen LogP contribution in [0.25, 0.3) is 10.9 Å². The zero-order valence-corrected chi connectivity index (χ0v) is 9.37. The van der Waals surface area contributed by atoms with Gasteiger partial charge in [0.2, 0.25) is 0 Å². The van der Waals surface area contributed by atoms with E-state index < -0.39 is 17.5 Å². The topological polar surface area (TPSA) is 86.5 Å². The Balaban J connectivity index is 1.98. The van der Waals surface area contributed by atoms with Crippen LogP contribution in [0.3, 0.4) is 0 Å². The second kappa shape index (κ2) is 4.16. The molecule has 0 unspecified atom stereocenters. The molecule has 3 rings (SSSR count). The maximum atomic E-state index is 13.2. The summed E-state index contributed by atoms with van der Waals surface area (Å²) in [6.45, 7) is 0. The van der Waals surface area contributed by atoms with Gasteiger partial charge >= 0.3 is 0 Å². The first kappa shape index (κ1) is 11.3. The van der Waals surface area contributed by atoms with E-state index in [-0.39, 0.29) is 5.69 Å². The highest BCUT2D eigenvalue weighted by atomic mass is 19.2. The number of aromatic nitrogens is 4. The summed E-state index contributed by atoms with van der Waals surface area (Å²) in [5.41, 5.74) is 0.813. The molecule has 0 aliphatic carbocycles. The lowest BCUT2D eigenvalue weighted by atomic mass is 10.2. The van der Waals surface area contributed by atoms with Crippen molar-refractivity contribution in [2.75, 3.05) is 5.32 Å². The molecule has 0 aliphatic rings. The summed E-state index contributed by atoms with van der Waals surface area (Å²) in [7, 11) is 0. The molecule has 96 valence electrons. The molecular weight excluding hydrogens is 256 g/mol. The quantitative estimate of drug-likeness (QED) is 0.659. The molecule has 2 heterocycles. The average Bonchev–Trinajstić information content (AvgIpc) is 3.01. The van der Waals surface area contributed by atoms with E-state index >= 15 is 0 Å². The van der Waals surface area contributed by atoms with Crippen molar-refractivity contribution in [3.05, 3.63) is 41.9 Å². The van der Waals surface area contributed by atoms with Gasteiger partial charge in [-0.2, -0.15) is 0 Å². The van der Waals surface area contributed by atoms with Crippen LogP contribution in [0.4, 0.5) is 14.5 Å². The minimum atomic E-state index is -0.982. The number of nitrogens with zero attached hydrogens (tertiary/aromatic N) is 2. The van der Waals surface area contributed by atoms with Crippen molar-refractivity contribution in [3.63, 3.8) is 0 Å². The summed E-state index contributed by atoms with van der Waals surface area (Å²) in [6, 6.07) is 2.04. The fourth-order valence-corrected chi connectivity index (χ4v) is 1.72. The average molecular weight is 263 g/mol. The van der Waals surface area contributed by atoms with Gasteiger partial charge in [-0.3, -0.25) is 9.89 Å². The molecule has 0 saturated carbocycles. The monoisotopic (exact) mass is 263 g/mol. The van der Waals surface area contributed by atoms with Crippen molar-refractivity contribution in [1.82, 2.24) is 20.4 Å². The Bertz CT molecular complexity index is 750. The fraction of sp³-hybridized carbons (Fsp3) is 0. The maximum absolute atomic E-state index is 13.2. The van der Waals surface area contributed by atoms with Crippen LogP contribution in [0.2, 0.25) is 0 Å². The number of H-pyrrole nitrogens is 2. The number of halogens is 2. The number of nitrogens with one attached hydrogen (secondary N) is 3. The summed E-state index contributed by atoms with van der Waals surface area (Å²) < 4.78 is 26.2. The van der Waals surface area contributed by atoms with Crippen LogP contribution in [0.1, 0.15) is 10.5 Å². The molecule has 6 nitrogen and oxygen atoms in total. The van der Waals surface area contributed by atoms with Crippen molar-refractivity contribution in [1.29, 1.82) is 0 Å². The lowest BCUT2D eigenvalue weighted by Gasteiger charge is -2.01. The largest absolute Gasteiger partial charge is 0.359 e. The van der Waals surface area contributed by atoms with Crippen LogP contribution >= 0.6 is 0 Å². The van der Waals surface area contributed by atoms with E-state index in [4.69, 9.17) is 0 Å². The molecule has 8 heteroatoms. The molecule has 2 aromatic heterocycles. The molecule has 0 spiro atoms. The normalized spacial score (nSPS) is 10.8. The van der Waals surface area contributed by atoms with E-state index in [0.717, 1.165) is 12.1 Å². The Kier molecular flexibility index (Phi) is 2.48. The number of carbonyl (C=O) groups is 1. The van der Waals surface area contributed by atoms with Crippen LogP contribution in [0.5, 0.6) is 0 Å². The molecule has 0 saturated heterocycles. The van der Waals surface area contributed by atoms with Gasteiger partial charge < -0.3 is 10.3 Å². The Hall–Kier alpha value is -2.77. The van der Waals surface area contributed by atoms with Gasteiger partial charge in [-0.05, 0) is 6.07 Å². The Labute approximate surface area is 104 Å². The lowest BCUT2D eigenvalue weighted by Crippen LogP contribution is -2.12. The number of amides is 1. The van der Waals surface area contributed by atoms with Gasteiger partial charge in [0.25, 0.3) is 5.91 Å². The third kappa shape index (κ3) is 1.92. The number of rotatable bonds is 2. The third-order valence-corrected chi connectivity index (χ3v) is 2.62. The lowest BCUT2D eigenvalue weighted by molar-refractivity contribution is 0.102. The highest BCUT2D eigenvalue weighted by molar-refractivity contribution is 6.07. The Morgan fingerprint density at radius 1 is 1.21 bits per heavy atom. The third-order valence-electron chi connectivity index (χ3n) is 2.62. The molecule has 1 aromatic carbocycles. The summed E-state index contributed by atoms with van der Waals surface area (Å²) in [5, 5.41) is 12.3. The maximum Gasteiger partial charge on any atom is 0.277 e. The minimum Gasteiger partial charge on any atom is -0.359 e. The van der Waals surface area contributed by atoms with Crippen LogP contribution in [-0.4, -0.2) is 26.3 Å². The molecule has 0 atom stereocenters. The van der Waals surface area contributed by atoms with Gasteiger partial charge in [-0.25, -0.2) is 8.78 Å². The van der Waals surface area contributed by atoms with Crippen LogP contribution in [0.15, 0.2) is 24.5 Å². The zero-order chi connectivity index (χ0) is 13.4. The smallest absolute Gasteiger partial charge is 0.277 e. The number of carbonyl (C=O) groups excluding carboxylic acids is 1. The standard InChI is InChI=1S/C11H7F2N5O/c12-6-1-5-8(2-7(6)13)14-3-9(5)16-11(19)10-4-15-18-17-10/h1-4,14H,(H,16,19)(H,15,17,18). The summed E-state index contributed by atoms with van der Waals surface area (Å²) in [6.07, 6.45) is 2.77. The number of hydrogen-bond donors (Lipinski definition) is 3. The van der Waals surface area contributed by atoms with Gasteiger partial charge in [0.15, 0.2) is 17.3 Å². The van der Waals surface area contributed by atoms with Gasteiger partial charge in [0, 0.05) is 17.6 Å². The zero-order valence-electron chi connectivity index (χ0n) is 9.37. The van der Waals surface area contributed by atoms with Crippen LogP contribution in [-0.2, 0) is 0 Å². The van der Waals surface area contributed by atoms with Gasteiger partial charge in [0.1, 0.15) is 0 Å². The first-order valence-electron chi connectivity index (χ1n) is 5.29. The van der Waals surface area contributed by atoms with Crippen molar-refractivity contribution in [2.24, 2.45) is 0 Å². The number of hydrogen-bond acceptors (Lipinski definition) is 3. The van der Waals surface area contributed by atoms with Gasteiger partial charge in [-0.15, -0.1) is 5.10 Å². The molecule has 19 heavy (non-hydrogen) atoms. The second-order valence-corrected chi connectivity index (χ2v) is 3.83. The molecule has 0 fully saturated rings. The Morgan fingerprint density at radius 3 is 2.74 bits per heavy atom. The van der Waals surface area contributed by atoms with E-state index in [1.54, 1.807) is 0 Å². The van der Waals surface area contributed by atoms with E-state index in [9.17, 15) is 13.6 Å². The highest BCUT2D eigenvalue weighted by Gasteiger charge is 2.13. The SMILES string of the molecule is O=C(Nc1c[nH]c2cc(F)c(F)cc12)c1c[nH]nn1. The molecule has 0 aliphatic heterocycles. The van der Waals surface area contributed by atoms with E-state index in [1.165, 1.54) is 12.4 Å². The summed E-state index contributed by atoms with van der Waals surface area (Å²) >= 11 is 0. The summed E-state index contributed by atoms with van der Waals surface area (Å²) in [4.78, 5) is 14.5. The molecule has 1 amide bonds. The highest BCUT2D eigenvalue weighted by Crippen LogP contribution is 2.25. The Morgan fingerprint density at radius 2 is 2.00 bits per heavy atom. The minimum absolute atomic E-state index is 0.0944. The number of fused-ring (bicyclic) bond motifs is 1. The van der Waals surface area contributed by atoms with E-state index in [1.807, 2.05) is 0 Å². The number of aromatic amines is 2. The van der Waals surface area contributed by atoms with Crippen LogP contribution < -0.4 is 5.32 Å². The van der Waals surface area contributed by atoms with Crippen molar-refractivity contribution in [2.45, 2.75) is 0 Å². The van der Waals surface area contributed by atoms with E-state index in [0.29, 0.717) is 16.6 Å². The molecule has 3 aromatic rings. The predicted molar refractivity (Wildman–Crippen MR) is 62.6 cm³/mol. The number of anilines is 1. The van der Waals surface area contributed by atoms with Crippen LogP contribution in [0, 0.1) is 11.6 Å². The molecule has 0 radical (unpaired) electrons. The summed E-state index contributed by atoms with van der Waals surface area (Å²) in [5.74, 6) is -2.44. The second-order valence-electron chi connectivity index (χ2n) is 3.83. The number of benzene rings is 1. The van der Waals surface area contributed by atoms with Gasteiger partial charge in [-0.1, -0.05) is 5.21 Å². The van der Waals surface area contributed by atoms with Crippen molar-refractivity contribution < 1.29 is 13.6 Å². The van der Waals surface area contributed by atoms with Crippen molar-refractivity contribution in [3.8, 4) is 0 Å². The molecular formula is C11H7F2N5O. The van der Waals surface area contributed by atoms with E-state index in [2.05, 4.69) is 25.7 Å². The van der Waals surface area contributed by atoms with Crippen molar-refractivity contribution >= 4 is 22.5 Å². The fourth-order valence-electron chi connectivity index (χ4n) is 1.72. The first-order valence-corrected chi connectivity index (χ1v) is 5.29.